The number of ketones is 1. The average Bonchev–Trinajstić information content (AvgIpc) is 3.18. The molecule has 4 heteroatoms. The SMILES string of the molecule is CC1CN[C@H]2[C@@H](C)[C@@]3(CC[C@@H]4C(C(=O)[C@H]5C4CCC4CC(O)CCC45C)C3C)O[C@@H]2C1. The van der Waals surface area contributed by atoms with Gasteiger partial charge in [0.2, 0.25) is 0 Å². The van der Waals surface area contributed by atoms with E-state index < -0.39 is 0 Å². The summed E-state index contributed by atoms with van der Waals surface area (Å²) in [5, 5.41) is 14.1. The number of hydrogen-bond acceptors (Lipinski definition) is 4. The summed E-state index contributed by atoms with van der Waals surface area (Å²) in [6.07, 6.45) is 8.87. The number of aliphatic hydroxyl groups is 1. The molecule has 4 aliphatic carbocycles. The molecule has 0 bridgehead atoms. The average molecular weight is 430 g/mol. The third kappa shape index (κ3) is 2.74. The van der Waals surface area contributed by atoms with Crippen molar-refractivity contribution in [1.82, 2.24) is 5.32 Å². The van der Waals surface area contributed by atoms with Crippen LogP contribution in [0.5, 0.6) is 0 Å². The molecule has 7 unspecified atom stereocenters. The molecular weight excluding hydrogens is 386 g/mol. The molecule has 0 radical (unpaired) electrons. The number of aliphatic hydroxyl groups excluding tert-OH is 1. The Bertz CT molecular complexity index is 755. The molecule has 0 amide bonds. The molecule has 0 aromatic heterocycles. The van der Waals surface area contributed by atoms with E-state index >= 15 is 0 Å². The molecule has 2 heterocycles. The Balaban J connectivity index is 1.31. The molecule has 6 aliphatic rings. The Hall–Kier alpha value is -0.450. The van der Waals surface area contributed by atoms with Crippen molar-refractivity contribution >= 4 is 5.78 Å². The van der Waals surface area contributed by atoms with Crippen LogP contribution in [0.1, 0.15) is 79.1 Å². The van der Waals surface area contributed by atoms with Gasteiger partial charge in [-0.15, -0.1) is 0 Å². The molecule has 13 atom stereocenters. The third-order valence-corrected chi connectivity index (χ3v) is 11.7. The highest BCUT2D eigenvalue weighted by atomic mass is 16.5. The third-order valence-electron chi connectivity index (χ3n) is 11.7. The monoisotopic (exact) mass is 429 g/mol. The number of ether oxygens (including phenoxy) is 1. The summed E-state index contributed by atoms with van der Waals surface area (Å²) in [6.45, 7) is 10.6. The number of carbonyl (C=O) groups excluding carboxylic acids is 1. The standard InChI is InChI=1S/C27H43NO3/c1-14-11-21-24(28-13-14)16(3)27(31-21)10-8-19-20-6-5-17-12-18(29)7-9-26(17,4)23(20)25(30)22(19)15(27)2/h14-24,28-29H,5-13H2,1-4H3/t14?,15?,16-,17?,18?,19+,20?,21-,22?,23-,24+,26?,27+/m1/s1. The van der Waals surface area contributed by atoms with Gasteiger partial charge in [0.25, 0.3) is 0 Å². The van der Waals surface area contributed by atoms with Crippen LogP contribution in [-0.2, 0) is 9.53 Å². The van der Waals surface area contributed by atoms with Crippen molar-refractivity contribution in [2.75, 3.05) is 6.54 Å². The minimum atomic E-state index is -0.151. The van der Waals surface area contributed by atoms with Gasteiger partial charge in [0.15, 0.2) is 0 Å². The van der Waals surface area contributed by atoms with Crippen LogP contribution in [0.15, 0.2) is 0 Å². The summed E-state index contributed by atoms with van der Waals surface area (Å²) in [5.74, 6) is 4.12. The maximum atomic E-state index is 14.2. The minimum Gasteiger partial charge on any atom is -0.393 e. The van der Waals surface area contributed by atoms with E-state index in [4.69, 9.17) is 4.74 Å². The maximum absolute atomic E-state index is 14.2. The molecule has 4 nitrogen and oxygen atoms in total. The molecule has 0 aromatic carbocycles. The highest BCUT2D eigenvalue weighted by Gasteiger charge is 2.68. The first-order chi connectivity index (χ1) is 14.8. The lowest BCUT2D eigenvalue weighted by Gasteiger charge is -2.53. The number of Topliss-reactive ketones (excluding diaryl/α,β-unsaturated/α-hetero) is 1. The van der Waals surface area contributed by atoms with Crippen LogP contribution >= 0.6 is 0 Å². The summed E-state index contributed by atoms with van der Waals surface area (Å²) >= 11 is 0. The second-order valence-electron chi connectivity index (χ2n) is 12.9. The summed E-state index contributed by atoms with van der Waals surface area (Å²) in [5.41, 5.74) is -0.0175. The number of piperidine rings is 1. The molecule has 0 aromatic rings. The molecule has 2 N–H and O–H groups in total. The van der Waals surface area contributed by atoms with Crippen molar-refractivity contribution in [3.63, 3.8) is 0 Å². The van der Waals surface area contributed by atoms with E-state index in [9.17, 15) is 9.90 Å². The molecule has 31 heavy (non-hydrogen) atoms. The maximum Gasteiger partial charge on any atom is 0.140 e. The van der Waals surface area contributed by atoms with Crippen LogP contribution < -0.4 is 5.32 Å². The topological polar surface area (TPSA) is 58.6 Å². The second kappa shape index (κ2) is 7.03. The summed E-state index contributed by atoms with van der Waals surface area (Å²) in [4.78, 5) is 14.2. The van der Waals surface area contributed by atoms with Crippen LogP contribution in [-0.4, -0.2) is 41.3 Å². The molecule has 2 saturated heterocycles. The molecule has 174 valence electrons. The van der Waals surface area contributed by atoms with Crippen LogP contribution in [0.3, 0.4) is 0 Å². The van der Waals surface area contributed by atoms with Gasteiger partial charge in [0, 0.05) is 23.8 Å². The normalized spacial score (nSPS) is 60.9. The first kappa shape index (κ1) is 21.1. The Morgan fingerprint density at radius 3 is 2.61 bits per heavy atom. The van der Waals surface area contributed by atoms with Gasteiger partial charge in [0.05, 0.1) is 17.8 Å². The van der Waals surface area contributed by atoms with E-state index in [0.717, 1.165) is 38.6 Å². The number of fused-ring (bicyclic) bond motifs is 6. The van der Waals surface area contributed by atoms with Gasteiger partial charge in [-0.1, -0.05) is 27.7 Å². The van der Waals surface area contributed by atoms with Gasteiger partial charge in [0.1, 0.15) is 5.78 Å². The van der Waals surface area contributed by atoms with Gasteiger partial charge in [-0.05, 0) is 92.9 Å². The number of nitrogens with one attached hydrogen (secondary N) is 1. The fraction of sp³-hybridized carbons (Fsp3) is 0.963. The van der Waals surface area contributed by atoms with Gasteiger partial charge >= 0.3 is 0 Å². The smallest absolute Gasteiger partial charge is 0.140 e. The first-order valence-electron chi connectivity index (χ1n) is 13.4. The highest BCUT2D eigenvalue weighted by molar-refractivity contribution is 5.88. The molecular formula is C27H43NO3. The number of hydrogen-bond donors (Lipinski definition) is 2. The molecule has 1 spiro atoms. The zero-order valence-corrected chi connectivity index (χ0v) is 20.0. The van der Waals surface area contributed by atoms with Gasteiger partial charge in [-0.2, -0.15) is 0 Å². The molecule has 4 saturated carbocycles. The number of rotatable bonds is 0. The van der Waals surface area contributed by atoms with Crippen molar-refractivity contribution in [1.29, 1.82) is 0 Å². The fourth-order valence-electron chi connectivity index (χ4n) is 10.1. The minimum absolute atomic E-state index is 0.108. The van der Waals surface area contributed by atoms with Crippen LogP contribution in [0.4, 0.5) is 0 Å². The molecule has 6 fully saturated rings. The van der Waals surface area contributed by atoms with Gasteiger partial charge in [-0.25, -0.2) is 0 Å². The lowest BCUT2D eigenvalue weighted by Crippen LogP contribution is -2.53. The predicted octanol–water partition coefficient (Wildman–Crippen LogP) is 4.20. The van der Waals surface area contributed by atoms with E-state index in [1.54, 1.807) is 0 Å². The molecule has 2 aliphatic heterocycles. The second-order valence-corrected chi connectivity index (χ2v) is 12.9. The van der Waals surface area contributed by atoms with Crippen LogP contribution in [0.2, 0.25) is 0 Å². The van der Waals surface area contributed by atoms with E-state index in [1.165, 1.54) is 19.3 Å². The van der Waals surface area contributed by atoms with E-state index in [2.05, 4.69) is 33.0 Å². The Labute approximate surface area is 188 Å². The summed E-state index contributed by atoms with van der Waals surface area (Å²) < 4.78 is 7.00. The fourth-order valence-corrected chi connectivity index (χ4v) is 10.1. The van der Waals surface area contributed by atoms with Crippen LogP contribution in [0, 0.1) is 52.8 Å². The Morgan fingerprint density at radius 1 is 1.00 bits per heavy atom. The van der Waals surface area contributed by atoms with Crippen molar-refractivity contribution in [3.8, 4) is 0 Å². The van der Waals surface area contributed by atoms with Crippen molar-refractivity contribution < 1.29 is 14.6 Å². The lowest BCUT2D eigenvalue weighted by atomic mass is 9.52. The summed E-state index contributed by atoms with van der Waals surface area (Å²) in [7, 11) is 0. The van der Waals surface area contributed by atoms with E-state index in [1.807, 2.05) is 0 Å². The first-order valence-corrected chi connectivity index (χ1v) is 13.4. The summed E-state index contributed by atoms with van der Waals surface area (Å²) in [6, 6.07) is 0.454. The molecule has 6 rings (SSSR count). The highest BCUT2D eigenvalue weighted by Crippen LogP contribution is 2.66. The Morgan fingerprint density at radius 2 is 1.81 bits per heavy atom. The van der Waals surface area contributed by atoms with Gasteiger partial charge < -0.3 is 15.2 Å². The Kier molecular flexibility index (Phi) is 4.78. The van der Waals surface area contributed by atoms with Crippen molar-refractivity contribution in [2.24, 2.45) is 52.8 Å². The van der Waals surface area contributed by atoms with Crippen molar-refractivity contribution in [3.05, 3.63) is 0 Å². The predicted molar refractivity (Wildman–Crippen MR) is 120 cm³/mol. The van der Waals surface area contributed by atoms with E-state index in [-0.39, 0.29) is 29.0 Å². The quantitative estimate of drug-likeness (QED) is 0.606. The van der Waals surface area contributed by atoms with Crippen molar-refractivity contribution in [2.45, 2.75) is 103 Å². The number of carbonyl (C=O) groups is 1. The zero-order chi connectivity index (χ0) is 21.7. The van der Waals surface area contributed by atoms with Gasteiger partial charge in [-0.3, -0.25) is 4.79 Å². The lowest BCUT2D eigenvalue weighted by molar-refractivity contribution is -0.154. The van der Waals surface area contributed by atoms with Crippen LogP contribution in [0.25, 0.3) is 0 Å². The largest absolute Gasteiger partial charge is 0.393 e. The van der Waals surface area contributed by atoms with E-state index in [0.29, 0.717) is 53.4 Å². The zero-order valence-electron chi connectivity index (χ0n) is 20.0.